The minimum atomic E-state index is -1.71. The van der Waals surface area contributed by atoms with Gasteiger partial charge in [-0.3, -0.25) is 0 Å². The van der Waals surface area contributed by atoms with Crippen LogP contribution in [-0.2, 0) is 0 Å². The monoisotopic (exact) mass is 256 g/mol. The van der Waals surface area contributed by atoms with Gasteiger partial charge in [-0.1, -0.05) is 66.7 Å². The third kappa shape index (κ3) is 2.97. The molecule has 0 spiro atoms. The summed E-state index contributed by atoms with van der Waals surface area (Å²) in [6, 6.07) is 16.0. The van der Waals surface area contributed by atoms with E-state index in [0.29, 0.717) is 16.7 Å². The van der Waals surface area contributed by atoms with Gasteiger partial charge in [0.05, 0.1) is 5.57 Å². The van der Waals surface area contributed by atoms with Crippen molar-refractivity contribution >= 4 is 11.1 Å². The van der Waals surface area contributed by atoms with Gasteiger partial charge in [-0.15, -0.1) is 0 Å². The van der Waals surface area contributed by atoms with Gasteiger partial charge in [0.1, 0.15) is 0 Å². The molecule has 0 aliphatic carbocycles. The molecule has 2 aromatic carbocycles. The highest BCUT2D eigenvalue weighted by Gasteiger charge is 2.14. The summed E-state index contributed by atoms with van der Waals surface area (Å²) >= 11 is 0. The SMILES string of the molecule is C=C(C(=C(F)F)c1ccc(C)cc1)c1ccccc1. The molecule has 0 saturated carbocycles. The predicted molar refractivity (Wildman–Crippen MR) is 75.8 cm³/mol. The van der Waals surface area contributed by atoms with Crippen LogP contribution >= 0.6 is 0 Å². The maximum absolute atomic E-state index is 13.2. The Morgan fingerprint density at radius 1 is 0.842 bits per heavy atom. The number of benzene rings is 2. The molecule has 0 unspecified atom stereocenters. The van der Waals surface area contributed by atoms with E-state index in [1.54, 1.807) is 24.3 Å². The van der Waals surface area contributed by atoms with E-state index in [4.69, 9.17) is 0 Å². The molecule has 0 atom stereocenters. The van der Waals surface area contributed by atoms with Crippen molar-refractivity contribution in [1.82, 2.24) is 0 Å². The second kappa shape index (κ2) is 5.61. The first kappa shape index (κ1) is 13.2. The highest BCUT2D eigenvalue weighted by Crippen LogP contribution is 2.33. The third-order valence-electron chi connectivity index (χ3n) is 2.95. The lowest BCUT2D eigenvalue weighted by Gasteiger charge is -2.11. The van der Waals surface area contributed by atoms with Crippen LogP contribution in [0.3, 0.4) is 0 Å². The summed E-state index contributed by atoms with van der Waals surface area (Å²) < 4.78 is 26.5. The zero-order valence-electron chi connectivity index (χ0n) is 10.7. The fraction of sp³-hybridized carbons (Fsp3) is 0.0588. The molecule has 0 fully saturated rings. The fourth-order valence-electron chi connectivity index (χ4n) is 1.90. The molecular formula is C17H14F2. The molecule has 0 amide bonds. The van der Waals surface area contributed by atoms with E-state index in [1.807, 2.05) is 37.3 Å². The Kier molecular flexibility index (Phi) is 3.91. The lowest BCUT2D eigenvalue weighted by Crippen LogP contribution is -1.91. The largest absolute Gasteiger partial charge is 0.278 e. The molecule has 0 N–H and O–H groups in total. The van der Waals surface area contributed by atoms with Crippen molar-refractivity contribution in [2.45, 2.75) is 6.92 Å². The third-order valence-corrected chi connectivity index (χ3v) is 2.95. The van der Waals surface area contributed by atoms with Crippen LogP contribution in [0, 0.1) is 6.92 Å². The number of allylic oxidation sites excluding steroid dienone is 2. The van der Waals surface area contributed by atoms with Gasteiger partial charge < -0.3 is 0 Å². The molecule has 0 bridgehead atoms. The summed E-state index contributed by atoms with van der Waals surface area (Å²) in [4.78, 5) is 0. The molecular weight excluding hydrogens is 242 g/mol. The quantitative estimate of drug-likeness (QED) is 0.652. The van der Waals surface area contributed by atoms with Crippen LogP contribution < -0.4 is 0 Å². The van der Waals surface area contributed by atoms with Crippen LogP contribution in [0.25, 0.3) is 11.1 Å². The number of halogens is 2. The maximum atomic E-state index is 13.2. The van der Waals surface area contributed by atoms with Gasteiger partial charge in [-0.05, 0) is 23.6 Å². The van der Waals surface area contributed by atoms with E-state index in [-0.39, 0.29) is 5.57 Å². The maximum Gasteiger partial charge on any atom is 0.278 e. The molecule has 2 heteroatoms. The van der Waals surface area contributed by atoms with Gasteiger partial charge in [0.2, 0.25) is 0 Å². The normalized spacial score (nSPS) is 10.1. The molecule has 0 aliphatic rings. The number of hydrogen-bond acceptors (Lipinski definition) is 0. The second-order valence-electron chi connectivity index (χ2n) is 4.35. The van der Waals surface area contributed by atoms with Crippen molar-refractivity contribution < 1.29 is 8.78 Å². The molecule has 0 nitrogen and oxygen atoms in total. The summed E-state index contributed by atoms with van der Waals surface area (Å²) in [5.41, 5.74) is 2.47. The summed E-state index contributed by atoms with van der Waals surface area (Å²) in [7, 11) is 0. The van der Waals surface area contributed by atoms with Crippen molar-refractivity contribution in [3.8, 4) is 0 Å². The van der Waals surface area contributed by atoms with Crippen LogP contribution in [0.2, 0.25) is 0 Å². The van der Waals surface area contributed by atoms with Crippen LogP contribution in [0.5, 0.6) is 0 Å². The number of hydrogen-bond donors (Lipinski definition) is 0. The van der Waals surface area contributed by atoms with Crippen molar-refractivity contribution in [3.63, 3.8) is 0 Å². The van der Waals surface area contributed by atoms with Crippen LogP contribution in [0.1, 0.15) is 16.7 Å². The van der Waals surface area contributed by atoms with Gasteiger partial charge >= 0.3 is 0 Å². The highest BCUT2D eigenvalue weighted by molar-refractivity contribution is 6.04. The first-order valence-corrected chi connectivity index (χ1v) is 5.96. The van der Waals surface area contributed by atoms with Crippen LogP contribution in [-0.4, -0.2) is 0 Å². The summed E-state index contributed by atoms with van der Waals surface area (Å²) in [5.74, 6) is 0. The van der Waals surface area contributed by atoms with E-state index in [0.717, 1.165) is 5.56 Å². The molecule has 0 radical (unpaired) electrons. The molecule has 0 aliphatic heterocycles. The van der Waals surface area contributed by atoms with Crippen molar-refractivity contribution in [2.75, 3.05) is 0 Å². The Morgan fingerprint density at radius 3 is 1.95 bits per heavy atom. The summed E-state index contributed by atoms with van der Waals surface area (Å²) in [6.07, 6.45) is -1.71. The van der Waals surface area contributed by atoms with Crippen LogP contribution in [0.4, 0.5) is 8.78 Å². The van der Waals surface area contributed by atoms with Crippen molar-refractivity contribution in [1.29, 1.82) is 0 Å². The molecule has 0 saturated heterocycles. The van der Waals surface area contributed by atoms with Crippen molar-refractivity contribution in [3.05, 3.63) is 83.9 Å². The smallest absolute Gasteiger partial charge is 0.173 e. The Hall–Kier alpha value is -2.22. The zero-order chi connectivity index (χ0) is 13.8. The molecule has 0 heterocycles. The van der Waals surface area contributed by atoms with E-state index in [9.17, 15) is 8.78 Å². The standard InChI is InChI=1S/C17H14F2/c1-12-8-10-15(11-9-12)16(17(18)19)13(2)14-6-4-3-5-7-14/h3-11H,2H2,1H3. The van der Waals surface area contributed by atoms with Gasteiger partial charge in [-0.25, -0.2) is 0 Å². The Morgan fingerprint density at radius 2 is 1.42 bits per heavy atom. The Labute approximate surface area is 111 Å². The van der Waals surface area contributed by atoms with E-state index in [2.05, 4.69) is 6.58 Å². The molecule has 2 aromatic rings. The van der Waals surface area contributed by atoms with E-state index < -0.39 is 6.08 Å². The first-order valence-electron chi connectivity index (χ1n) is 5.96. The Bertz CT molecular complexity index is 603. The average Bonchev–Trinajstić information content (AvgIpc) is 2.42. The van der Waals surface area contributed by atoms with Gasteiger partial charge in [0.15, 0.2) is 0 Å². The molecule has 0 aromatic heterocycles. The van der Waals surface area contributed by atoms with Crippen molar-refractivity contribution in [2.24, 2.45) is 0 Å². The fourth-order valence-corrected chi connectivity index (χ4v) is 1.90. The van der Waals surface area contributed by atoms with Crippen LogP contribution in [0.15, 0.2) is 67.3 Å². The lowest BCUT2D eigenvalue weighted by molar-refractivity contribution is 0.427. The average molecular weight is 256 g/mol. The van der Waals surface area contributed by atoms with E-state index >= 15 is 0 Å². The Balaban J connectivity index is 2.46. The molecule has 96 valence electrons. The minimum Gasteiger partial charge on any atom is -0.173 e. The predicted octanol–water partition coefficient (Wildman–Crippen LogP) is 5.32. The van der Waals surface area contributed by atoms with E-state index in [1.165, 1.54) is 0 Å². The number of aryl methyl sites for hydroxylation is 1. The topological polar surface area (TPSA) is 0 Å². The van der Waals surface area contributed by atoms with Gasteiger partial charge in [-0.2, -0.15) is 8.78 Å². The number of rotatable bonds is 3. The minimum absolute atomic E-state index is 0.0915. The first-order chi connectivity index (χ1) is 9.09. The second-order valence-corrected chi connectivity index (χ2v) is 4.35. The van der Waals surface area contributed by atoms with Gasteiger partial charge in [0, 0.05) is 0 Å². The lowest BCUT2D eigenvalue weighted by atomic mass is 9.94. The molecule has 19 heavy (non-hydrogen) atoms. The van der Waals surface area contributed by atoms with Gasteiger partial charge in [0.25, 0.3) is 6.08 Å². The summed E-state index contributed by atoms with van der Waals surface area (Å²) in [6.45, 7) is 5.73. The summed E-state index contributed by atoms with van der Waals surface area (Å²) in [5, 5.41) is 0. The highest BCUT2D eigenvalue weighted by atomic mass is 19.3. The zero-order valence-corrected chi connectivity index (χ0v) is 10.7. The molecule has 2 rings (SSSR count).